The maximum absolute atomic E-state index is 5.30. The van der Waals surface area contributed by atoms with Crippen LogP contribution in [0.3, 0.4) is 0 Å². The summed E-state index contributed by atoms with van der Waals surface area (Å²) in [5.41, 5.74) is 1.22. The minimum absolute atomic E-state index is 0.775. The molecule has 0 bridgehead atoms. The van der Waals surface area contributed by atoms with Crippen LogP contribution in [0.15, 0.2) is 12.5 Å². The van der Waals surface area contributed by atoms with Gasteiger partial charge in [0.05, 0.1) is 6.33 Å². The third-order valence-electron chi connectivity index (χ3n) is 2.20. The molecule has 72 valence electrons. The lowest BCUT2D eigenvalue weighted by Gasteiger charge is -2.20. The van der Waals surface area contributed by atoms with Crippen LogP contribution in [0.5, 0.6) is 0 Å². The van der Waals surface area contributed by atoms with Crippen LogP contribution in [0.4, 0.5) is 0 Å². The standard InChI is InChI=1S/C9H14N2OS/c1-3-12-4-2-9(1)13-6-8-5-10-7-11-8/h5,7,9H,1-4,6H2,(H,10,11). The van der Waals surface area contributed by atoms with Gasteiger partial charge in [0.25, 0.3) is 0 Å². The van der Waals surface area contributed by atoms with Gasteiger partial charge in [-0.25, -0.2) is 4.98 Å². The molecular weight excluding hydrogens is 184 g/mol. The fourth-order valence-electron chi connectivity index (χ4n) is 1.41. The molecule has 0 saturated carbocycles. The van der Waals surface area contributed by atoms with Gasteiger partial charge < -0.3 is 9.72 Å². The Morgan fingerprint density at radius 1 is 1.54 bits per heavy atom. The van der Waals surface area contributed by atoms with Crippen molar-refractivity contribution in [1.82, 2.24) is 9.97 Å². The van der Waals surface area contributed by atoms with Gasteiger partial charge in [-0.05, 0) is 12.8 Å². The highest BCUT2D eigenvalue weighted by molar-refractivity contribution is 7.99. The smallest absolute Gasteiger partial charge is 0.0921 e. The van der Waals surface area contributed by atoms with Crippen molar-refractivity contribution in [3.05, 3.63) is 18.2 Å². The molecule has 1 aliphatic rings. The van der Waals surface area contributed by atoms with E-state index >= 15 is 0 Å². The molecule has 0 aliphatic carbocycles. The molecule has 1 aromatic heterocycles. The molecule has 1 aromatic rings. The molecule has 0 radical (unpaired) electrons. The van der Waals surface area contributed by atoms with Gasteiger partial charge in [-0.3, -0.25) is 0 Å². The lowest BCUT2D eigenvalue weighted by Crippen LogP contribution is -2.17. The zero-order valence-electron chi connectivity index (χ0n) is 7.53. The highest BCUT2D eigenvalue weighted by atomic mass is 32.2. The number of hydrogen-bond acceptors (Lipinski definition) is 3. The molecule has 0 unspecified atom stereocenters. The first-order chi connectivity index (χ1) is 6.45. The third-order valence-corrected chi connectivity index (χ3v) is 3.62. The summed E-state index contributed by atoms with van der Waals surface area (Å²) in [5.74, 6) is 1.05. The molecule has 0 spiro atoms. The van der Waals surface area contributed by atoms with Gasteiger partial charge in [-0.2, -0.15) is 11.8 Å². The second kappa shape index (κ2) is 4.67. The molecular formula is C9H14N2OS. The quantitative estimate of drug-likeness (QED) is 0.805. The van der Waals surface area contributed by atoms with Crippen molar-refractivity contribution < 1.29 is 4.74 Å². The predicted octanol–water partition coefficient (Wildman–Crippen LogP) is 1.82. The van der Waals surface area contributed by atoms with Gasteiger partial charge in [0, 0.05) is 36.1 Å². The van der Waals surface area contributed by atoms with Crippen molar-refractivity contribution >= 4 is 11.8 Å². The zero-order chi connectivity index (χ0) is 8.93. The number of imidazole rings is 1. The molecule has 0 aromatic carbocycles. The number of aromatic nitrogens is 2. The van der Waals surface area contributed by atoms with Crippen LogP contribution in [-0.2, 0) is 10.5 Å². The van der Waals surface area contributed by atoms with E-state index in [1.165, 1.54) is 18.5 Å². The Labute approximate surface area is 82.3 Å². The molecule has 0 amide bonds. The van der Waals surface area contributed by atoms with Crippen LogP contribution in [0, 0.1) is 0 Å². The van der Waals surface area contributed by atoms with Crippen LogP contribution < -0.4 is 0 Å². The molecule has 1 fully saturated rings. The van der Waals surface area contributed by atoms with E-state index in [0.29, 0.717) is 0 Å². The van der Waals surface area contributed by atoms with E-state index in [4.69, 9.17) is 4.74 Å². The highest BCUT2D eigenvalue weighted by Crippen LogP contribution is 2.24. The number of rotatable bonds is 3. The van der Waals surface area contributed by atoms with Crippen LogP contribution >= 0.6 is 11.8 Å². The summed E-state index contributed by atoms with van der Waals surface area (Å²) in [7, 11) is 0. The molecule has 2 heterocycles. The molecule has 1 saturated heterocycles. The van der Waals surface area contributed by atoms with Gasteiger partial charge in [0.1, 0.15) is 0 Å². The van der Waals surface area contributed by atoms with Crippen LogP contribution in [0.2, 0.25) is 0 Å². The second-order valence-corrected chi connectivity index (χ2v) is 4.49. The van der Waals surface area contributed by atoms with Crippen molar-refractivity contribution in [2.24, 2.45) is 0 Å². The molecule has 0 atom stereocenters. The molecule has 4 heteroatoms. The first-order valence-electron chi connectivity index (χ1n) is 4.62. The normalized spacial score (nSPS) is 19.1. The molecule has 2 rings (SSSR count). The van der Waals surface area contributed by atoms with Crippen molar-refractivity contribution in [1.29, 1.82) is 0 Å². The summed E-state index contributed by atoms with van der Waals surface area (Å²) in [5, 5.41) is 0.775. The number of aromatic amines is 1. The van der Waals surface area contributed by atoms with Crippen molar-refractivity contribution in [3.8, 4) is 0 Å². The highest BCUT2D eigenvalue weighted by Gasteiger charge is 2.13. The minimum Gasteiger partial charge on any atom is -0.381 e. The topological polar surface area (TPSA) is 37.9 Å². The molecule has 13 heavy (non-hydrogen) atoms. The monoisotopic (exact) mass is 198 g/mol. The Kier molecular flexibility index (Phi) is 3.27. The maximum Gasteiger partial charge on any atom is 0.0921 e. The first-order valence-corrected chi connectivity index (χ1v) is 5.66. The number of ether oxygens (including phenoxy) is 1. The second-order valence-electron chi connectivity index (χ2n) is 3.20. The van der Waals surface area contributed by atoms with Gasteiger partial charge in [0.2, 0.25) is 0 Å². The van der Waals surface area contributed by atoms with Crippen molar-refractivity contribution in [2.75, 3.05) is 13.2 Å². The number of thioether (sulfide) groups is 1. The fraction of sp³-hybridized carbons (Fsp3) is 0.667. The SMILES string of the molecule is c1ncc(CSC2CCOCC2)[nH]1. The predicted molar refractivity (Wildman–Crippen MR) is 53.7 cm³/mol. The van der Waals surface area contributed by atoms with E-state index in [1.807, 2.05) is 18.0 Å². The summed E-state index contributed by atoms with van der Waals surface area (Å²) >= 11 is 2.00. The summed E-state index contributed by atoms with van der Waals surface area (Å²) < 4.78 is 5.30. The van der Waals surface area contributed by atoms with Gasteiger partial charge >= 0.3 is 0 Å². The summed E-state index contributed by atoms with van der Waals surface area (Å²) in [6.07, 6.45) is 6.02. The molecule has 1 N–H and O–H groups in total. The number of nitrogens with one attached hydrogen (secondary N) is 1. The Hall–Kier alpha value is -0.480. The molecule has 3 nitrogen and oxygen atoms in total. The zero-order valence-corrected chi connectivity index (χ0v) is 8.35. The average Bonchev–Trinajstić information content (AvgIpc) is 2.69. The summed E-state index contributed by atoms with van der Waals surface area (Å²) in [6.45, 7) is 1.86. The Bertz CT molecular complexity index is 232. The molecule has 1 aliphatic heterocycles. The van der Waals surface area contributed by atoms with E-state index in [-0.39, 0.29) is 0 Å². The Balaban J connectivity index is 1.72. The largest absolute Gasteiger partial charge is 0.381 e. The Morgan fingerprint density at radius 2 is 2.38 bits per heavy atom. The lowest BCUT2D eigenvalue weighted by molar-refractivity contribution is 0.1000. The van der Waals surface area contributed by atoms with E-state index in [1.54, 1.807) is 6.33 Å². The van der Waals surface area contributed by atoms with E-state index < -0.39 is 0 Å². The van der Waals surface area contributed by atoms with E-state index in [2.05, 4.69) is 9.97 Å². The first kappa shape index (κ1) is 9.09. The number of hydrogen-bond donors (Lipinski definition) is 1. The third kappa shape index (κ3) is 2.74. The van der Waals surface area contributed by atoms with Crippen LogP contribution in [0.1, 0.15) is 18.5 Å². The summed E-state index contributed by atoms with van der Waals surface area (Å²) in [6, 6.07) is 0. The van der Waals surface area contributed by atoms with Gasteiger partial charge in [0.15, 0.2) is 0 Å². The van der Waals surface area contributed by atoms with E-state index in [9.17, 15) is 0 Å². The van der Waals surface area contributed by atoms with E-state index in [0.717, 1.165) is 24.2 Å². The summed E-state index contributed by atoms with van der Waals surface area (Å²) in [4.78, 5) is 7.11. The van der Waals surface area contributed by atoms with Crippen molar-refractivity contribution in [2.45, 2.75) is 23.8 Å². The number of H-pyrrole nitrogens is 1. The maximum atomic E-state index is 5.30. The van der Waals surface area contributed by atoms with Gasteiger partial charge in [-0.15, -0.1) is 0 Å². The lowest BCUT2D eigenvalue weighted by atomic mass is 10.2. The van der Waals surface area contributed by atoms with Crippen LogP contribution in [0.25, 0.3) is 0 Å². The fourth-order valence-corrected chi connectivity index (χ4v) is 2.51. The average molecular weight is 198 g/mol. The number of nitrogens with zero attached hydrogens (tertiary/aromatic N) is 1. The minimum atomic E-state index is 0.775. The van der Waals surface area contributed by atoms with Crippen LogP contribution in [-0.4, -0.2) is 28.4 Å². The van der Waals surface area contributed by atoms with Crippen molar-refractivity contribution in [3.63, 3.8) is 0 Å². The Morgan fingerprint density at radius 3 is 3.08 bits per heavy atom. The van der Waals surface area contributed by atoms with Gasteiger partial charge in [-0.1, -0.05) is 0 Å².